The summed E-state index contributed by atoms with van der Waals surface area (Å²) < 4.78 is 68.4. The Hall–Kier alpha value is -2.69. The van der Waals surface area contributed by atoms with Crippen molar-refractivity contribution >= 4 is 33.4 Å². The molecule has 3 rings (SSSR count). The summed E-state index contributed by atoms with van der Waals surface area (Å²) in [5.41, 5.74) is 0.243. The molecule has 0 spiro atoms. The van der Waals surface area contributed by atoms with Crippen LogP contribution in [0.4, 0.5) is 18.9 Å². The maximum atomic E-state index is 14.7. The van der Waals surface area contributed by atoms with Gasteiger partial charge in [0.1, 0.15) is 17.4 Å². The van der Waals surface area contributed by atoms with E-state index in [1.807, 2.05) is 4.72 Å². The van der Waals surface area contributed by atoms with Gasteiger partial charge in [-0.15, -0.1) is 0 Å². The van der Waals surface area contributed by atoms with E-state index in [0.717, 1.165) is 0 Å². The number of dihydropyridines is 1. The Balaban J connectivity index is 2.01. The lowest BCUT2D eigenvalue weighted by molar-refractivity contribution is 0.105. The van der Waals surface area contributed by atoms with Gasteiger partial charge in [0.15, 0.2) is 17.5 Å². The van der Waals surface area contributed by atoms with E-state index in [9.17, 15) is 26.4 Å². The van der Waals surface area contributed by atoms with Crippen molar-refractivity contribution in [3.63, 3.8) is 0 Å². The van der Waals surface area contributed by atoms with Crippen LogP contribution in [0.1, 0.15) is 23.7 Å². The van der Waals surface area contributed by atoms with Crippen LogP contribution < -0.4 is 10.1 Å². The van der Waals surface area contributed by atoms with E-state index in [1.54, 1.807) is 19.1 Å². The summed E-state index contributed by atoms with van der Waals surface area (Å²) in [6, 6.07) is 0.358. The van der Waals surface area contributed by atoms with Gasteiger partial charge in [-0.1, -0.05) is 13.0 Å². The third kappa shape index (κ3) is 3.59. The molecule has 2 atom stereocenters. The second-order valence-electron chi connectivity index (χ2n) is 5.94. The number of Topliss-reactive ketones (excluding diaryl/α,β-unsaturated/α-hetero) is 1. The molecule has 0 saturated heterocycles. The molecule has 7 nitrogen and oxygen atoms in total. The fourth-order valence-electron chi connectivity index (χ4n) is 2.77. The van der Waals surface area contributed by atoms with Crippen molar-refractivity contribution in [3.05, 3.63) is 41.2 Å². The number of nitrogens with zero attached hydrogens (tertiary/aromatic N) is 2. The van der Waals surface area contributed by atoms with Gasteiger partial charge in [-0.3, -0.25) is 19.9 Å². The number of benzene rings is 1. The Kier molecular flexibility index (Phi) is 5.05. The van der Waals surface area contributed by atoms with Gasteiger partial charge in [0.2, 0.25) is 15.8 Å². The van der Waals surface area contributed by atoms with Gasteiger partial charge in [0, 0.05) is 12.3 Å². The minimum atomic E-state index is -3.98. The molecule has 0 fully saturated rings. The topological polar surface area (TPSA) is 100.0 Å². The van der Waals surface area contributed by atoms with Crippen molar-refractivity contribution in [2.75, 3.05) is 10.5 Å². The SMILES string of the molecule is CCCS(=O)(=O)Nc1cc(F)c(F)c(C(=O)C2=NNC3N=CC=CC23)c1F. The zero-order chi connectivity index (χ0) is 19.8. The monoisotopic (exact) mass is 400 g/mol. The van der Waals surface area contributed by atoms with E-state index < -0.39 is 56.6 Å². The molecule has 144 valence electrons. The highest BCUT2D eigenvalue weighted by atomic mass is 32.2. The average Bonchev–Trinajstić information content (AvgIpc) is 3.03. The predicted molar refractivity (Wildman–Crippen MR) is 93.8 cm³/mol. The first-order chi connectivity index (χ1) is 12.7. The molecule has 2 unspecified atom stereocenters. The van der Waals surface area contributed by atoms with Crippen LogP contribution in [0, 0.1) is 23.4 Å². The van der Waals surface area contributed by atoms with Crippen LogP contribution in [0.3, 0.4) is 0 Å². The van der Waals surface area contributed by atoms with Crippen molar-refractivity contribution in [2.24, 2.45) is 16.0 Å². The first-order valence-corrected chi connectivity index (χ1v) is 9.66. The molecule has 2 aliphatic heterocycles. The smallest absolute Gasteiger partial charge is 0.232 e. The summed E-state index contributed by atoms with van der Waals surface area (Å²) >= 11 is 0. The minimum absolute atomic E-state index is 0.227. The van der Waals surface area contributed by atoms with Crippen molar-refractivity contribution in [3.8, 4) is 0 Å². The Bertz CT molecular complexity index is 989. The minimum Gasteiger partial charge on any atom is -0.287 e. The number of hydrogen-bond acceptors (Lipinski definition) is 6. The molecule has 2 N–H and O–H groups in total. The fraction of sp³-hybridized carbons (Fsp3) is 0.312. The molecule has 0 aromatic heterocycles. The molecule has 0 bridgehead atoms. The van der Waals surface area contributed by atoms with Crippen LogP contribution in [0.5, 0.6) is 0 Å². The molecular formula is C16H15F3N4O3S. The lowest BCUT2D eigenvalue weighted by Crippen LogP contribution is -2.31. The zero-order valence-electron chi connectivity index (χ0n) is 14.0. The molecule has 2 heterocycles. The molecule has 0 aliphatic carbocycles. The van der Waals surface area contributed by atoms with Crippen LogP contribution in [-0.4, -0.2) is 38.0 Å². The summed E-state index contributed by atoms with van der Waals surface area (Å²) in [5.74, 6) is -7.00. The number of carbonyl (C=O) groups is 1. The molecule has 11 heteroatoms. The van der Waals surface area contributed by atoms with Crippen molar-refractivity contribution < 1.29 is 26.4 Å². The Morgan fingerprint density at radius 1 is 1.30 bits per heavy atom. The van der Waals surface area contributed by atoms with Gasteiger partial charge in [0.05, 0.1) is 17.4 Å². The zero-order valence-corrected chi connectivity index (χ0v) is 14.9. The van der Waals surface area contributed by atoms with E-state index >= 15 is 0 Å². The first-order valence-electron chi connectivity index (χ1n) is 8.01. The molecule has 0 amide bonds. The third-order valence-corrected chi connectivity index (χ3v) is 5.46. The first kappa shape index (κ1) is 19.1. The number of halogens is 3. The molecule has 2 aliphatic rings. The summed E-state index contributed by atoms with van der Waals surface area (Å²) in [5, 5.41) is 3.76. The Morgan fingerprint density at radius 2 is 2.04 bits per heavy atom. The summed E-state index contributed by atoms with van der Waals surface area (Å²) in [7, 11) is -3.98. The maximum Gasteiger partial charge on any atom is 0.232 e. The van der Waals surface area contributed by atoms with Gasteiger partial charge in [-0.2, -0.15) is 5.10 Å². The highest BCUT2D eigenvalue weighted by Crippen LogP contribution is 2.28. The van der Waals surface area contributed by atoms with Crippen LogP contribution in [0.2, 0.25) is 0 Å². The van der Waals surface area contributed by atoms with Crippen LogP contribution in [0.15, 0.2) is 28.3 Å². The number of hydrogen-bond donors (Lipinski definition) is 2. The number of nitrogens with one attached hydrogen (secondary N) is 2. The summed E-state index contributed by atoms with van der Waals surface area (Å²) in [6.45, 7) is 1.58. The fourth-order valence-corrected chi connectivity index (χ4v) is 3.89. The number of ketones is 1. The molecule has 1 aromatic rings. The van der Waals surface area contributed by atoms with Crippen LogP contribution >= 0.6 is 0 Å². The number of anilines is 1. The average molecular weight is 400 g/mol. The maximum absolute atomic E-state index is 14.7. The molecular weight excluding hydrogens is 385 g/mol. The Labute approximate surface area is 153 Å². The number of aliphatic imine (C=N–C) groups is 1. The number of rotatable bonds is 6. The highest BCUT2D eigenvalue weighted by Gasteiger charge is 2.38. The van der Waals surface area contributed by atoms with Crippen molar-refractivity contribution in [1.29, 1.82) is 0 Å². The number of allylic oxidation sites excluding steroid dienone is 1. The number of carbonyl (C=O) groups excluding carboxylic acids is 1. The van der Waals surface area contributed by atoms with Crippen molar-refractivity contribution in [2.45, 2.75) is 19.5 Å². The van der Waals surface area contributed by atoms with Crippen LogP contribution in [0.25, 0.3) is 0 Å². The lowest BCUT2D eigenvalue weighted by atomic mass is 9.92. The second kappa shape index (κ2) is 7.14. The molecule has 1 aromatic carbocycles. The van der Waals surface area contributed by atoms with Gasteiger partial charge in [-0.25, -0.2) is 21.6 Å². The van der Waals surface area contributed by atoms with E-state index in [2.05, 4.69) is 15.5 Å². The summed E-state index contributed by atoms with van der Waals surface area (Å²) in [4.78, 5) is 16.7. The normalized spacial score (nSPS) is 20.8. The Morgan fingerprint density at radius 3 is 2.74 bits per heavy atom. The lowest BCUT2D eigenvalue weighted by Gasteiger charge is -2.16. The highest BCUT2D eigenvalue weighted by molar-refractivity contribution is 7.92. The second-order valence-corrected chi connectivity index (χ2v) is 7.78. The van der Waals surface area contributed by atoms with Gasteiger partial charge in [0.25, 0.3) is 0 Å². The van der Waals surface area contributed by atoms with Gasteiger partial charge in [-0.05, 0) is 12.5 Å². The number of fused-ring (bicyclic) bond motifs is 1. The summed E-state index contributed by atoms with van der Waals surface area (Å²) in [6.07, 6.45) is 4.20. The van der Waals surface area contributed by atoms with E-state index in [0.29, 0.717) is 6.07 Å². The predicted octanol–water partition coefficient (Wildman–Crippen LogP) is 1.98. The van der Waals surface area contributed by atoms with Gasteiger partial charge >= 0.3 is 0 Å². The third-order valence-electron chi connectivity index (χ3n) is 3.98. The van der Waals surface area contributed by atoms with E-state index in [1.165, 1.54) is 6.21 Å². The van der Waals surface area contributed by atoms with E-state index in [-0.39, 0.29) is 17.9 Å². The standard InChI is InChI=1S/C16H15F3N4O3S/c1-2-6-27(25,26)23-10-7-9(17)12(18)11(13(10)19)15(24)14-8-4-3-5-20-16(8)22-21-14/h3-5,7-8,16,22-23H,2,6H2,1H3. The number of hydrazone groups is 1. The van der Waals surface area contributed by atoms with Crippen molar-refractivity contribution in [1.82, 2.24) is 5.43 Å². The molecule has 27 heavy (non-hydrogen) atoms. The molecule has 0 saturated carbocycles. The number of sulfonamides is 1. The molecule has 0 radical (unpaired) electrons. The van der Waals surface area contributed by atoms with Crippen LogP contribution in [-0.2, 0) is 10.0 Å². The van der Waals surface area contributed by atoms with E-state index in [4.69, 9.17) is 0 Å². The quantitative estimate of drug-likeness (QED) is 0.563. The van der Waals surface area contributed by atoms with Gasteiger partial charge < -0.3 is 0 Å². The largest absolute Gasteiger partial charge is 0.287 e.